The molecule has 16 heavy (non-hydrogen) atoms. The maximum Gasteiger partial charge on any atom is 0.234 e. The summed E-state index contributed by atoms with van der Waals surface area (Å²) in [6.45, 7) is 2.14. The van der Waals surface area contributed by atoms with Crippen molar-refractivity contribution in [2.75, 3.05) is 0 Å². The highest BCUT2D eigenvalue weighted by Gasteiger charge is 2.20. The topological polar surface area (TPSA) is 55.1 Å². The molecule has 0 spiro atoms. The number of rotatable bonds is 6. The van der Waals surface area contributed by atoms with E-state index in [9.17, 15) is 4.79 Å². The van der Waals surface area contributed by atoms with Crippen LogP contribution >= 0.6 is 0 Å². The van der Waals surface area contributed by atoms with Crippen LogP contribution in [0.2, 0.25) is 0 Å². The van der Waals surface area contributed by atoms with Crippen LogP contribution in [0.25, 0.3) is 0 Å². The van der Waals surface area contributed by atoms with Gasteiger partial charge in [0.25, 0.3) is 0 Å². The van der Waals surface area contributed by atoms with E-state index in [0.29, 0.717) is 6.04 Å². The second kappa shape index (κ2) is 7.66. The Balaban J connectivity index is 2.36. The monoisotopic (exact) mass is 226 g/mol. The highest BCUT2D eigenvalue weighted by atomic mass is 16.1. The van der Waals surface area contributed by atoms with Crippen LogP contribution in [0.5, 0.6) is 0 Å². The van der Waals surface area contributed by atoms with Crippen LogP contribution in [0.4, 0.5) is 0 Å². The standard InChI is InChI=1S/C13H26N2O/c1-2-3-10-12(13(14)16)15-11-8-6-4-5-7-9-11/h11-12,15H,2-10H2,1H3,(H2,14,16). The van der Waals surface area contributed by atoms with Gasteiger partial charge in [-0.15, -0.1) is 0 Å². The third-order valence-corrected chi connectivity index (χ3v) is 3.48. The maximum atomic E-state index is 11.3. The van der Waals surface area contributed by atoms with Crippen molar-refractivity contribution in [2.24, 2.45) is 5.73 Å². The molecule has 3 N–H and O–H groups in total. The lowest BCUT2D eigenvalue weighted by molar-refractivity contribution is -0.120. The number of primary amides is 1. The third-order valence-electron chi connectivity index (χ3n) is 3.48. The molecule has 0 aliphatic heterocycles. The van der Waals surface area contributed by atoms with Gasteiger partial charge in [0.05, 0.1) is 6.04 Å². The molecule has 1 amide bonds. The molecule has 94 valence electrons. The van der Waals surface area contributed by atoms with Gasteiger partial charge in [-0.1, -0.05) is 45.4 Å². The van der Waals surface area contributed by atoms with Gasteiger partial charge in [-0.25, -0.2) is 0 Å². The van der Waals surface area contributed by atoms with E-state index in [2.05, 4.69) is 12.2 Å². The van der Waals surface area contributed by atoms with E-state index in [0.717, 1.165) is 19.3 Å². The molecule has 0 saturated heterocycles. The summed E-state index contributed by atoms with van der Waals surface area (Å²) in [6.07, 6.45) is 10.8. The highest BCUT2D eigenvalue weighted by molar-refractivity contribution is 5.79. The number of carbonyl (C=O) groups is 1. The van der Waals surface area contributed by atoms with Crippen molar-refractivity contribution < 1.29 is 4.79 Å². The number of nitrogens with two attached hydrogens (primary N) is 1. The molecule has 0 bridgehead atoms. The van der Waals surface area contributed by atoms with E-state index < -0.39 is 0 Å². The van der Waals surface area contributed by atoms with Crippen LogP contribution in [-0.4, -0.2) is 18.0 Å². The third kappa shape index (κ3) is 4.97. The van der Waals surface area contributed by atoms with Gasteiger partial charge >= 0.3 is 0 Å². The quantitative estimate of drug-likeness (QED) is 0.683. The van der Waals surface area contributed by atoms with Gasteiger partial charge in [0.15, 0.2) is 0 Å². The first kappa shape index (κ1) is 13.5. The van der Waals surface area contributed by atoms with Gasteiger partial charge in [0, 0.05) is 6.04 Å². The van der Waals surface area contributed by atoms with Gasteiger partial charge < -0.3 is 11.1 Å². The molecule has 0 heterocycles. The first-order valence-corrected chi connectivity index (χ1v) is 6.79. The van der Waals surface area contributed by atoms with Crippen molar-refractivity contribution in [3.05, 3.63) is 0 Å². The zero-order chi connectivity index (χ0) is 11.8. The molecule has 1 unspecified atom stereocenters. The Morgan fingerprint density at radius 2 is 1.94 bits per heavy atom. The normalized spacial score (nSPS) is 20.3. The van der Waals surface area contributed by atoms with Crippen molar-refractivity contribution in [1.29, 1.82) is 0 Å². The van der Waals surface area contributed by atoms with E-state index in [1.54, 1.807) is 0 Å². The van der Waals surface area contributed by atoms with E-state index in [1.807, 2.05) is 0 Å². The Kier molecular flexibility index (Phi) is 6.46. The van der Waals surface area contributed by atoms with Gasteiger partial charge in [0.1, 0.15) is 0 Å². The summed E-state index contributed by atoms with van der Waals surface area (Å²) in [5, 5.41) is 3.46. The molecule has 0 aromatic rings. The fourth-order valence-corrected chi connectivity index (χ4v) is 2.45. The number of unbranched alkanes of at least 4 members (excludes halogenated alkanes) is 1. The van der Waals surface area contributed by atoms with Gasteiger partial charge in [-0.3, -0.25) is 4.79 Å². The first-order chi connectivity index (χ1) is 7.74. The number of hydrogen-bond acceptors (Lipinski definition) is 2. The fraction of sp³-hybridized carbons (Fsp3) is 0.923. The van der Waals surface area contributed by atoms with Crippen molar-refractivity contribution in [3.63, 3.8) is 0 Å². The Labute approximate surface area is 99.2 Å². The molecule has 0 aromatic heterocycles. The second-order valence-electron chi connectivity index (χ2n) is 4.95. The fourth-order valence-electron chi connectivity index (χ4n) is 2.45. The lowest BCUT2D eigenvalue weighted by Gasteiger charge is -2.22. The summed E-state index contributed by atoms with van der Waals surface area (Å²) in [5.74, 6) is -0.183. The first-order valence-electron chi connectivity index (χ1n) is 6.79. The van der Waals surface area contributed by atoms with Crippen LogP contribution in [0.1, 0.15) is 64.7 Å². The zero-order valence-electron chi connectivity index (χ0n) is 10.5. The summed E-state index contributed by atoms with van der Waals surface area (Å²) in [6, 6.07) is 0.403. The summed E-state index contributed by atoms with van der Waals surface area (Å²) >= 11 is 0. The number of hydrogen-bond donors (Lipinski definition) is 2. The van der Waals surface area contributed by atoms with Crippen molar-refractivity contribution in [1.82, 2.24) is 5.32 Å². The zero-order valence-corrected chi connectivity index (χ0v) is 10.5. The smallest absolute Gasteiger partial charge is 0.234 e. The van der Waals surface area contributed by atoms with Crippen LogP contribution in [0, 0.1) is 0 Å². The predicted molar refractivity (Wildman–Crippen MR) is 67.1 cm³/mol. The lowest BCUT2D eigenvalue weighted by Crippen LogP contribution is -2.46. The minimum Gasteiger partial charge on any atom is -0.368 e. The molecule has 1 aliphatic carbocycles. The second-order valence-corrected chi connectivity index (χ2v) is 4.95. The lowest BCUT2D eigenvalue weighted by atomic mass is 10.0. The van der Waals surface area contributed by atoms with Crippen molar-refractivity contribution in [2.45, 2.75) is 76.8 Å². The number of nitrogens with one attached hydrogen (secondary N) is 1. The van der Waals surface area contributed by atoms with Crippen molar-refractivity contribution in [3.8, 4) is 0 Å². The Bertz CT molecular complexity index is 198. The predicted octanol–water partition coefficient (Wildman–Crippen LogP) is 2.34. The van der Waals surface area contributed by atoms with Crippen LogP contribution in [0.3, 0.4) is 0 Å². The van der Waals surface area contributed by atoms with E-state index >= 15 is 0 Å². The SMILES string of the molecule is CCCCC(NC1CCCCCC1)C(N)=O. The maximum absolute atomic E-state index is 11.3. The minimum atomic E-state index is -0.183. The highest BCUT2D eigenvalue weighted by Crippen LogP contribution is 2.18. The van der Waals surface area contributed by atoms with Gasteiger partial charge in [-0.05, 0) is 19.3 Å². The average molecular weight is 226 g/mol. The molecular weight excluding hydrogens is 200 g/mol. The minimum absolute atomic E-state index is 0.108. The number of carbonyl (C=O) groups excluding carboxylic acids is 1. The Morgan fingerprint density at radius 3 is 2.44 bits per heavy atom. The summed E-state index contributed by atoms with van der Waals surface area (Å²) in [7, 11) is 0. The molecule has 1 aliphatic rings. The van der Waals surface area contributed by atoms with E-state index in [1.165, 1.54) is 38.5 Å². The molecule has 0 aromatic carbocycles. The summed E-state index contributed by atoms with van der Waals surface area (Å²) in [4.78, 5) is 11.3. The molecule has 3 nitrogen and oxygen atoms in total. The van der Waals surface area contributed by atoms with Gasteiger partial charge in [0.2, 0.25) is 5.91 Å². The van der Waals surface area contributed by atoms with E-state index in [-0.39, 0.29) is 11.9 Å². The molecule has 0 radical (unpaired) electrons. The molecular formula is C13H26N2O. The molecule has 1 atom stereocenters. The Morgan fingerprint density at radius 1 is 1.31 bits per heavy atom. The molecule has 1 fully saturated rings. The largest absolute Gasteiger partial charge is 0.368 e. The summed E-state index contributed by atoms with van der Waals surface area (Å²) in [5.41, 5.74) is 5.43. The average Bonchev–Trinajstić information content (AvgIpc) is 2.52. The van der Waals surface area contributed by atoms with Crippen molar-refractivity contribution >= 4 is 5.91 Å². The molecule has 3 heteroatoms. The molecule has 1 rings (SSSR count). The van der Waals surface area contributed by atoms with Crippen LogP contribution in [-0.2, 0) is 4.79 Å². The van der Waals surface area contributed by atoms with Gasteiger partial charge in [-0.2, -0.15) is 0 Å². The van der Waals surface area contributed by atoms with E-state index in [4.69, 9.17) is 5.73 Å². The Hall–Kier alpha value is -0.570. The summed E-state index contributed by atoms with van der Waals surface area (Å²) < 4.78 is 0. The van der Waals surface area contributed by atoms with Crippen LogP contribution in [0.15, 0.2) is 0 Å². The molecule has 1 saturated carbocycles. The van der Waals surface area contributed by atoms with Crippen LogP contribution < -0.4 is 11.1 Å². The number of amides is 1.